The summed E-state index contributed by atoms with van der Waals surface area (Å²) in [6.07, 6.45) is 1.81. The summed E-state index contributed by atoms with van der Waals surface area (Å²) < 4.78 is 38.3. The number of carbonyl (C=O) groups is 1. The topological polar surface area (TPSA) is 151 Å². The van der Waals surface area contributed by atoms with Crippen LogP contribution < -0.4 is 20.9 Å². The van der Waals surface area contributed by atoms with Crippen LogP contribution in [0.4, 0.5) is 0 Å². The number of aromatic amines is 1. The number of hydrogen-bond donors (Lipinski definition) is 2. The van der Waals surface area contributed by atoms with E-state index in [-0.39, 0.29) is 24.4 Å². The number of aryl methyl sites for hydroxylation is 1. The quantitative estimate of drug-likeness (QED) is 0.230. The molecule has 42 heavy (non-hydrogen) atoms. The molecular weight excluding hydrogens is 587 g/mol. The van der Waals surface area contributed by atoms with Gasteiger partial charge in [-0.2, -0.15) is 5.09 Å². The van der Waals surface area contributed by atoms with E-state index in [4.69, 9.17) is 30.1 Å². The smallest absolute Gasteiger partial charge is 0.459 e. The van der Waals surface area contributed by atoms with E-state index in [9.17, 15) is 18.9 Å². The van der Waals surface area contributed by atoms with Gasteiger partial charge in [-0.05, 0) is 70.0 Å². The van der Waals surface area contributed by atoms with Crippen LogP contribution in [0.5, 0.6) is 5.75 Å². The van der Waals surface area contributed by atoms with Crippen molar-refractivity contribution in [3.05, 3.63) is 80.2 Å². The predicted octanol–water partition coefficient (Wildman–Crippen LogP) is 4.62. The highest BCUT2D eigenvalue weighted by molar-refractivity contribution is 7.52. The zero-order valence-corrected chi connectivity index (χ0v) is 25.6. The maximum absolute atomic E-state index is 14.0. The van der Waals surface area contributed by atoms with Crippen LogP contribution in [0.25, 0.3) is 11.3 Å². The maximum atomic E-state index is 14.0. The van der Waals surface area contributed by atoms with Gasteiger partial charge in [0.2, 0.25) is 0 Å². The lowest BCUT2D eigenvalue weighted by atomic mass is 10.1. The average Bonchev–Trinajstić information content (AvgIpc) is 3.28. The fourth-order valence-electron chi connectivity index (χ4n) is 4.54. The standard InChI is InChI=1S/C28H34ClN4O8P/c1-16(2)39-27(35)19(5)32-42(37,41-21-7-8-23(17(3)12-21)24-9-6-20(29)14-30-24)38-15-22-13-18(4)26(40-22)33-11-10-25(34)31-28(33)36/h6-12,14,16,18-19,22,26H,13,15H2,1-5H3,(H,32,37)(H,31,34,36)/t18-,19-,22-,26+,42?/m0/s1. The second-order valence-corrected chi connectivity index (χ2v) is 12.6. The molecule has 1 aromatic carbocycles. The van der Waals surface area contributed by atoms with Crippen molar-refractivity contribution in [1.29, 1.82) is 0 Å². The van der Waals surface area contributed by atoms with Gasteiger partial charge in [0.15, 0.2) is 0 Å². The lowest BCUT2D eigenvalue weighted by molar-refractivity contribution is -0.149. The van der Waals surface area contributed by atoms with Crippen molar-refractivity contribution < 1.29 is 27.9 Å². The Morgan fingerprint density at radius 1 is 1.24 bits per heavy atom. The number of pyridine rings is 1. The fraction of sp³-hybridized carbons (Fsp3) is 0.429. The number of benzene rings is 1. The Morgan fingerprint density at radius 3 is 2.64 bits per heavy atom. The van der Waals surface area contributed by atoms with E-state index in [0.29, 0.717) is 17.1 Å². The third kappa shape index (κ3) is 7.96. The molecule has 1 fully saturated rings. The third-order valence-electron chi connectivity index (χ3n) is 6.49. The van der Waals surface area contributed by atoms with Crippen LogP contribution in [0, 0.1) is 12.8 Å². The molecule has 3 aromatic rings. The Hall–Kier alpha value is -3.28. The average molecular weight is 621 g/mol. The largest absolute Gasteiger partial charge is 0.462 e. The molecule has 0 saturated carbocycles. The number of aromatic nitrogens is 3. The first-order chi connectivity index (χ1) is 19.8. The number of rotatable bonds is 11. The van der Waals surface area contributed by atoms with E-state index in [1.54, 1.807) is 50.4 Å². The van der Waals surface area contributed by atoms with Gasteiger partial charge in [0, 0.05) is 29.9 Å². The van der Waals surface area contributed by atoms with Crippen molar-refractivity contribution in [1.82, 2.24) is 19.6 Å². The minimum absolute atomic E-state index is 0.118. The van der Waals surface area contributed by atoms with Gasteiger partial charge in [-0.1, -0.05) is 18.5 Å². The molecule has 4 rings (SSSR count). The molecule has 2 aromatic heterocycles. The molecule has 12 nitrogen and oxygen atoms in total. The molecule has 0 spiro atoms. The van der Waals surface area contributed by atoms with Crippen LogP contribution in [0.3, 0.4) is 0 Å². The number of carbonyl (C=O) groups excluding carboxylic acids is 1. The molecule has 0 aliphatic carbocycles. The van der Waals surface area contributed by atoms with Gasteiger partial charge in [0.05, 0.1) is 29.5 Å². The number of halogens is 1. The van der Waals surface area contributed by atoms with Crippen molar-refractivity contribution in [3.63, 3.8) is 0 Å². The Balaban J connectivity index is 1.52. The zero-order chi connectivity index (χ0) is 30.6. The monoisotopic (exact) mass is 620 g/mol. The Bertz CT molecular complexity index is 1580. The normalized spacial score (nSPS) is 20.7. The highest BCUT2D eigenvalue weighted by Crippen LogP contribution is 2.47. The molecule has 226 valence electrons. The van der Waals surface area contributed by atoms with Crippen LogP contribution >= 0.6 is 19.3 Å². The number of H-pyrrole nitrogens is 1. The van der Waals surface area contributed by atoms with Gasteiger partial charge in [-0.15, -0.1) is 0 Å². The third-order valence-corrected chi connectivity index (χ3v) is 8.36. The summed E-state index contributed by atoms with van der Waals surface area (Å²) in [5.74, 6) is -0.503. The molecular formula is C28H34ClN4O8P. The van der Waals surface area contributed by atoms with Crippen molar-refractivity contribution >= 4 is 25.3 Å². The molecule has 1 aliphatic heterocycles. The van der Waals surface area contributed by atoms with Gasteiger partial charge in [0.1, 0.15) is 18.0 Å². The summed E-state index contributed by atoms with van der Waals surface area (Å²) in [5.41, 5.74) is 1.22. The van der Waals surface area contributed by atoms with Crippen molar-refractivity contribution in [2.45, 2.75) is 65.5 Å². The molecule has 1 unspecified atom stereocenters. The van der Waals surface area contributed by atoms with Gasteiger partial charge in [0.25, 0.3) is 5.56 Å². The maximum Gasteiger partial charge on any atom is 0.459 e. The number of esters is 1. The lowest BCUT2D eigenvalue weighted by Crippen LogP contribution is -2.36. The van der Waals surface area contributed by atoms with Crippen molar-refractivity contribution in [2.75, 3.05) is 6.61 Å². The molecule has 0 bridgehead atoms. The highest BCUT2D eigenvalue weighted by Gasteiger charge is 2.38. The first-order valence-corrected chi connectivity index (χ1v) is 15.4. The van der Waals surface area contributed by atoms with Gasteiger partial charge >= 0.3 is 19.4 Å². The minimum atomic E-state index is -4.17. The Kier molecular flexibility index (Phi) is 10.1. The summed E-state index contributed by atoms with van der Waals surface area (Å²) >= 11 is 5.96. The number of hydrogen-bond acceptors (Lipinski definition) is 9. The zero-order valence-electron chi connectivity index (χ0n) is 23.9. The number of ether oxygens (including phenoxy) is 2. The van der Waals surface area contributed by atoms with Gasteiger partial charge in [-0.25, -0.2) is 9.36 Å². The molecule has 0 radical (unpaired) electrons. The second kappa shape index (κ2) is 13.4. The summed E-state index contributed by atoms with van der Waals surface area (Å²) in [7, 11) is -4.17. The van der Waals surface area contributed by atoms with Crippen molar-refractivity contribution in [2.24, 2.45) is 5.92 Å². The van der Waals surface area contributed by atoms with E-state index in [2.05, 4.69) is 15.1 Å². The second-order valence-electron chi connectivity index (χ2n) is 10.4. The van der Waals surface area contributed by atoms with Crippen LogP contribution in [0.1, 0.15) is 45.9 Å². The lowest BCUT2D eigenvalue weighted by Gasteiger charge is -2.25. The van der Waals surface area contributed by atoms with Gasteiger partial charge in [-0.3, -0.25) is 28.6 Å². The summed E-state index contributed by atoms with van der Waals surface area (Å²) in [6, 6.07) is 8.83. The summed E-state index contributed by atoms with van der Waals surface area (Å²) in [6.45, 7) is 8.49. The minimum Gasteiger partial charge on any atom is -0.462 e. The molecule has 2 N–H and O–H groups in total. The van der Waals surface area contributed by atoms with E-state index in [1.807, 2.05) is 13.8 Å². The Morgan fingerprint density at radius 2 is 2.00 bits per heavy atom. The first-order valence-electron chi connectivity index (χ1n) is 13.5. The molecule has 3 heterocycles. The molecule has 1 aliphatic rings. The predicted molar refractivity (Wildman–Crippen MR) is 156 cm³/mol. The van der Waals surface area contributed by atoms with Crippen molar-refractivity contribution in [3.8, 4) is 17.0 Å². The molecule has 14 heteroatoms. The van der Waals surface area contributed by atoms with E-state index in [0.717, 1.165) is 11.1 Å². The van der Waals surface area contributed by atoms with Gasteiger partial charge < -0.3 is 14.0 Å². The van der Waals surface area contributed by atoms with E-state index < -0.39 is 43.3 Å². The first kappa shape index (κ1) is 31.7. The summed E-state index contributed by atoms with van der Waals surface area (Å²) in [5, 5.41) is 3.19. The molecule has 1 saturated heterocycles. The SMILES string of the molecule is Cc1cc(OP(=O)(N[C@@H](C)C(=O)OC(C)C)OC[C@@H]2C[C@H](C)[C@H](n3ccc(=O)[nH]c3=O)O2)ccc1-c1ccc(Cl)cn1. The fourth-order valence-corrected chi connectivity index (χ4v) is 6.17. The van der Waals surface area contributed by atoms with Crippen LogP contribution in [0.15, 0.2) is 58.4 Å². The Labute approximate surface area is 247 Å². The van der Waals surface area contributed by atoms with E-state index >= 15 is 0 Å². The number of nitrogens with zero attached hydrogens (tertiary/aromatic N) is 2. The van der Waals surface area contributed by atoms with Crippen LogP contribution in [0.2, 0.25) is 5.02 Å². The highest BCUT2D eigenvalue weighted by atomic mass is 35.5. The summed E-state index contributed by atoms with van der Waals surface area (Å²) in [4.78, 5) is 42.8. The molecule has 0 amide bonds. The van der Waals surface area contributed by atoms with Crippen LogP contribution in [-0.2, 0) is 23.4 Å². The number of nitrogens with one attached hydrogen (secondary N) is 2. The van der Waals surface area contributed by atoms with E-state index in [1.165, 1.54) is 23.8 Å². The van der Waals surface area contributed by atoms with Crippen LogP contribution in [-0.4, -0.2) is 45.4 Å². The molecule has 5 atom stereocenters.